The van der Waals surface area contributed by atoms with E-state index in [2.05, 4.69) is 5.32 Å². The molecule has 0 radical (unpaired) electrons. The molecule has 1 amide bonds. The Hall–Kier alpha value is -0.440. The molecule has 0 atom stereocenters. The summed E-state index contributed by atoms with van der Waals surface area (Å²) < 4.78 is 0. The molecule has 1 heterocycles. The van der Waals surface area contributed by atoms with E-state index in [1.54, 1.807) is 6.08 Å². The Labute approximate surface area is 84.2 Å². The first kappa shape index (κ1) is 10.6. The van der Waals surface area contributed by atoms with Gasteiger partial charge < -0.3 is 5.32 Å². The van der Waals surface area contributed by atoms with Gasteiger partial charge in [0.05, 0.1) is 0 Å². The van der Waals surface area contributed by atoms with Gasteiger partial charge in [0.15, 0.2) is 0 Å². The number of hydrogen-bond donors (Lipinski definition) is 1. The van der Waals surface area contributed by atoms with Crippen molar-refractivity contribution in [2.45, 2.75) is 32.2 Å². The van der Waals surface area contributed by atoms with Gasteiger partial charge in [-0.2, -0.15) is 11.8 Å². The second-order valence-corrected chi connectivity index (χ2v) is 4.43. The maximum Gasteiger partial charge on any atom is 0.243 e. The van der Waals surface area contributed by atoms with Gasteiger partial charge in [-0.3, -0.25) is 4.79 Å². The number of nitrogens with one attached hydrogen (secondary N) is 1. The molecule has 13 heavy (non-hydrogen) atoms. The summed E-state index contributed by atoms with van der Waals surface area (Å²) in [6.45, 7) is 2.03. The highest BCUT2D eigenvalue weighted by Gasteiger charge is 2.14. The third-order valence-electron chi connectivity index (χ3n) is 2.07. The number of carbonyl (C=O) groups is 1. The minimum absolute atomic E-state index is 0.0683. The summed E-state index contributed by atoms with van der Waals surface area (Å²) in [6.07, 6.45) is 6.70. The molecule has 0 saturated carbocycles. The summed E-state index contributed by atoms with van der Waals surface area (Å²) in [5.74, 6) is 2.43. The van der Waals surface area contributed by atoms with Crippen LogP contribution in [0.4, 0.5) is 0 Å². The molecule has 1 fully saturated rings. The van der Waals surface area contributed by atoms with Crippen LogP contribution < -0.4 is 5.32 Å². The highest BCUT2D eigenvalue weighted by Crippen LogP contribution is 2.16. The first-order valence-electron chi connectivity index (χ1n) is 4.87. The minimum Gasteiger partial charge on any atom is -0.350 e. The summed E-state index contributed by atoms with van der Waals surface area (Å²) in [4.78, 5) is 11.3. The van der Waals surface area contributed by atoms with Gasteiger partial charge in [0.25, 0.3) is 0 Å². The number of rotatable bonds is 3. The molecule has 1 aliphatic rings. The molecule has 0 aliphatic carbocycles. The van der Waals surface area contributed by atoms with E-state index < -0.39 is 0 Å². The fourth-order valence-electron chi connectivity index (χ4n) is 1.32. The molecule has 74 valence electrons. The molecule has 0 aromatic carbocycles. The predicted molar refractivity (Wildman–Crippen MR) is 57.9 cm³/mol. The van der Waals surface area contributed by atoms with Crippen molar-refractivity contribution in [1.29, 1.82) is 0 Å². The zero-order chi connectivity index (χ0) is 9.52. The minimum atomic E-state index is 0.0683. The average Bonchev–Trinajstić information content (AvgIpc) is 2.16. The zero-order valence-corrected chi connectivity index (χ0v) is 8.90. The van der Waals surface area contributed by atoms with Crippen molar-refractivity contribution in [3.63, 3.8) is 0 Å². The molecular weight excluding hydrogens is 182 g/mol. The van der Waals surface area contributed by atoms with Crippen LogP contribution in [0.1, 0.15) is 26.2 Å². The summed E-state index contributed by atoms with van der Waals surface area (Å²) in [5, 5.41) is 3.01. The Bertz CT molecular complexity index is 185. The summed E-state index contributed by atoms with van der Waals surface area (Å²) in [6, 6.07) is 0.412. The third-order valence-corrected chi connectivity index (χ3v) is 3.12. The maximum absolute atomic E-state index is 11.3. The number of thioether (sulfide) groups is 1. The quantitative estimate of drug-likeness (QED) is 0.704. The molecule has 0 aromatic heterocycles. The van der Waals surface area contributed by atoms with Crippen molar-refractivity contribution in [1.82, 2.24) is 5.32 Å². The Kier molecular flexibility index (Phi) is 4.98. The van der Waals surface area contributed by atoms with E-state index in [-0.39, 0.29) is 5.91 Å². The van der Waals surface area contributed by atoms with Gasteiger partial charge >= 0.3 is 0 Å². The van der Waals surface area contributed by atoms with Crippen LogP contribution in [0.15, 0.2) is 12.2 Å². The van der Waals surface area contributed by atoms with Crippen LogP contribution in [0.3, 0.4) is 0 Å². The number of hydrogen-bond acceptors (Lipinski definition) is 2. The van der Waals surface area contributed by atoms with Crippen molar-refractivity contribution < 1.29 is 4.79 Å². The van der Waals surface area contributed by atoms with E-state index >= 15 is 0 Å². The number of amides is 1. The van der Waals surface area contributed by atoms with Crippen LogP contribution in [0.25, 0.3) is 0 Å². The van der Waals surface area contributed by atoms with Crippen molar-refractivity contribution in [2.24, 2.45) is 0 Å². The van der Waals surface area contributed by atoms with Crippen LogP contribution in [0, 0.1) is 0 Å². The van der Waals surface area contributed by atoms with Crippen LogP contribution in [0.2, 0.25) is 0 Å². The lowest BCUT2D eigenvalue weighted by molar-refractivity contribution is -0.117. The first-order valence-corrected chi connectivity index (χ1v) is 6.03. The van der Waals surface area contributed by atoms with E-state index in [1.165, 1.54) is 11.5 Å². The normalized spacial score (nSPS) is 19.2. The lowest BCUT2D eigenvalue weighted by atomic mass is 10.1. The van der Waals surface area contributed by atoms with Gasteiger partial charge in [0.2, 0.25) is 5.91 Å². The first-order chi connectivity index (χ1) is 6.33. The fourth-order valence-corrected chi connectivity index (χ4v) is 2.42. The molecule has 1 aliphatic heterocycles. The standard InChI is InChI=1S/C10H17NOS/c1-2-3-4-10(12)11-9-5-7-13-8-6-9/h3-4,9H,2,5-8H2,1H3,(H,11,12)/b4-3+. The summed E-state index contributed by atoms with van der Waals surface area (Å²) >= 11 is 1.97. The van der Waals surface area contributed by atoms with Gasteiger partial charge in [-0.05, 0) is 36.8 Å². The van der Waals surface area contributed by atoms with E-state index in [4.69, 9.17) is 0 Å². The van der Waals surface area contributed by atoms with Crippen molar-refractivity contribution in [3.8, 4) is 0 Å². The molecule has 1 N–H and O–H groups in total. The smallest absolute Gasteiger partial charge is 0.243 e. The van der Waals surface area contributed by atoms with E-state index in [0.717, 1.165) is 19.3 Å². The van der Waals surface area contributed by atoms with Crippen LogP contribution in [-0.2, 0) is 4.79 Å². The van der Waals surface area contributed by atoms with Crippen molar-refractivity contribution >= 4 is 17.7 Å². The SMILES string of the molecule is CC/C=C/C(=O)NC1CCSCC1. The molecular formula is C10H17NOS. The summed E-state index contributed by atoms with van der Waals surface area (Å²) in [7, 11) is 0. The number of carbonyl (C=O) groups excluding carboxylic acids is 1. The van der Waals surface area contributed by atoms with E-state index in [1.807, 2.05) is 24.8 Å². The maximum atomic E-state index is 11.3. The van der Waals surface area contributed by atoms with Crippen LogP contribution >= 0.6 is 11.8 Å². The van der Waals surface area contributed by atoms with Gasteiger partial charge in [-0.1, -0.05) is 13.0 Å². The van der Waals surface area contributed by atoms with E-state index in [0.29, 0.717) is 6.04 Å². The number of allylic oxidation sites excluding steroid dienone is 1. The molecule has 0 bridgehead atoms. The highest BCUT2D eigenvalue weighted by molar-refractivity contribution is 7.99. The second-order valence-electron chi connectivity index (χ2n) is 3.21. The Morgan fingerprint density at radius 3 is 2.85 bits per heavy atom. The predicted octanol–water partition coefficient (Wildman–Crippen LogP) is 1.96. The molecule has 3 heteroatoms. The zero-order valence-electron chi connectivity index (χ0n) is 8.08. The van der Waals surface area contributed by atoms with Crippen LogP contribution in [-0.4, -0.2) is 23.5 Å². The average molecular weight is 199 g/mol. The third kappa shape index (κ3) is 4.36. The molecule has 2 nitrogen and oxygen atoms in total. The van der Waals surface area contributed by atoms with Gasteiger partial charge in [-0.25, -0.2) is 0 Å². The monoisotopic (exact) mass is 199 g/mol. The lowest BCUT2D eigenvalue weighted by Gasteiger charge is -2.21. The van der Waals surface area contributed by atoms with E-state index in [9.17, 15) is 4.79 Å². The Balaban J connectivity index is 2.22. The molecule has 0 aromatic rings. The lowest BCUT2D eigenvalue weighted by Crippen LogP contribution is -2.36. The van der Waals surface area contributed by atoms with Gasteiger partial charge in [0, 0.05) is 6.04 Å². The van der Waals surface area contributed by atoms with Crippen molar-refractivity contribution in [2.75, 3.05) is 11.5 Å². The van der Waals surface area contributed by atoms with Gasteiger partial charge in [-0.15, -0.1) is 0 Å². The van der Waals surface area contributed by atoms with Crippen LogP contribution in [0.5, 0.6) is 0 Å². The topological polar surface area (TPSA) is 29.1 Å². The second kappa shape index (κ2) is 6.08. The Morgan fingerprint density at radius 2 is 2.23 bits per heavy atom. The fraction of sp³-hybridized carbons (Fsp3) is 0.700. The molecule has 0 spiro atoms. The molecule has 0 unspecified atom stereocenters. The van der Waals surface area contributed by atoms with Gasteiger partial charge in [0.1, 0.15) is 0 Å². The largest absolute Gasteiger partial charge is 0.350 e. The highest BCUT2D eigenvalue weighted by atomic mass is 32.2. The Morgan fingerprint density at radius 1 is 1.54 bits per heavy atom. The molecule has 1 saturated heterocycles. The summed E-state index contributed by atoms with van der Waals surface area (Å²) in [5.41, 5.74) is 0. The van der Waals surface area contributed by atoms with Crippen molar-refractivity contribution in [3.05, 3.63) is 12.2 Å². The molecule has 1 rings (SSSR count).